The number of phenolic OH excluding ortho intramolecular Hbond substituents is 1. The molecule has 1 aromatic carbocycles. The van der Waals surface area contributed by atoms with Crippen LogP contribution in [0.25, 0.3) is 0 Å². The van der Waals surface area contributed by atoms with Crippen molar-refractivity contribution in [3.8, 4) is 5.75 Å². The summed E-state index contributed by atoms with van der Waals surface area (Å²) in [6, 6.07) is 5.98. The number of rotatable bonds is 11. The van der Waals surface area contributed by atoms with E-state index in [0.29, 0.717) is 25.5 Å². The molecule has 0 bridgehead atoms. The summed E-state index contributed by atoms with van der Waals surface area (Å²) in [5.74, 6) is 0.437. The van der Waals surface area contributed by atoms with E-state index < -0.39 is 5.60 Å². The lowest BCUT2D eigenvalue weighted by atomic mass is 9.67. The van der Waals surface area contributed by atoms with E-state index in [4.69, 9.17) is 0 Å². The van der Waals surface area contributed by atoms with Crippen molar-refractivity contribution in [2.45, 2.75) is 102 Å². The predicted octanol–water partition coefficient (Wildman–Crippen LogP) is 5.23. The summed E-state index contributed by atoms with van der Waals surface area (Å²) in [5.41, 5.74) is 0.627. The van der Waals surface area contributed by atoms with Crippen LogP contribution in [0, 0.1) is 5.92 Å². The summed E-state index contributed by atoms with van der Waals surface area (Å²) in [7, 11) is 0. The molecular weight excluding hydrogens is 364 g/mol. The van der Waals surface area contributed by atoms with Crippen molar-refractivity contribution in [3.63, 3.8) is 0 Å². The molecule has 0 spiro atoms. The van der Waals surface area contributed by atoms with E-state index in [1.165, 1.54) is 25.7 Å². The topological polar surface area (TPSA) is 77.8 Å². The second-order valence-corrected chi connectivity index (χ2v) is 9.66. The van der Waals surface area contributed by atoms with Crippen molar-refractivity contribution in [3.05, 3.63) is 29.3 Å². The van der Waals surface area contributed by atoms with Crippen molar-refractivity contribution in [2.24, 2.45) is 5.92 Å². The highest BCUT2D eigenvalue weighted by Gasteiger charge is 2.40. The Morgan fingerprint density at radius 2 is 1.97 bits per heavy atom. The highest BCUT2D eigenvalue weighted by atomic mass is 16.3. The van der Waals surface area contributed by atoms with E-state index in [2.05, 4.69) is 26.8 Å². The fourth-order valence-corrected chi connectivity index (χ4v) is 4.87. The van der Waals surface area contributed by atoms with Crippen LogP contribution in [0.3, 0.4) is 0 Å². The minimum absolute atomic E-state index is 0.00383. The van der Waals surface area contributed by atoms with Crippen LogP contribution in [0.4, 0.5) is 0 Å². The zero-order valence-corrected chi connectivity index (χ0v) is 18.5. The van der Waals surface area contributed by atoms with Crippen LogP contribution in [0.5, 0.6) is 5.75 Å². The van der Waals surface area contributed by atoms with Gasteiger partial charge in [0.15, 0.2) is 6.29 Å². The summed E-state index contributed by atoms with van der Waals surface area (Å²) in [6.45, 7) is 6.80. The van der Waals surface area contributed by atoms with Gasteiger partial charge in [-0.15, -0.1) is 0 Å². The third kappa shape index (κ3) is 6.29. The van der Waals surface area contributed by atoms with Gasteiger partial charge in [0.1, 0.15) is 11.4 Å². The van der Waals surface area contributed by atoms with Gasteiger partial charge in [-0.1, -0.05) is 58.6 Å². The van der Waals surface area contributed by atoms with Gasteiger partial charge in [0.25, 0.3) is 0 Å². The Bertz CT molecular complexity index is 654. The van der Waals surface area contributed by atoms with Gasteiger partial charge in [-0.25, -0.2) is 0 Å². The molecule has 1 fully saturated rings. The Kier molecular flexibility index (Phi) is 8.72. The number of hydrogen-bond acceptors (Lipinski definition) is 4. The Hall–Kier alpha value is -1.39. The van der Waals surface area contributed by atoms with E-state index in [9.17, 15) is 20.1 Å². The first-order valence-electron chi connectivity index (χ1n) is 11.4. The van der Waals surface area contributed by atoms with E-state index in [1.54, 1.807) is 0 Å². The lowest BCUT2D eigenvalue weighted by Crippen LogP contribution is -2.39. The summed E-state index contributed by atoms with van der Waals surface area (Å²) in [6.07, 6.45) is 9.69. The third-order valence-electron chi connectivity index (χ3n) is 6.91. The molecule has 3 unspecified atom stereocenters. The van der Waals surface area contributed by atoms with Crippen molar-refractivity contribution in [2.75, 3.05) is 6.61 Å². The zero-order valence-electron chi connectivity index (χ0n) is 18.5. The number of aliphatic hydroxyl groups is 2. The summed E-state index contributed by atoms with van der Waals surface area (Å²) < 4.78 is 0. The normalized spacial score (nSPS) is 25.1. The first-order chi connectivity index (χ1) is 13.8. The molecule has 0 saturated heterocycles. The van der Waals surface area contributed by atoms with Crippen LogP contribution in [0.15, 0.2) is 18.2 Å². The molecule has 0 radical (unpaired) electrons. The van der Waals surface area contributed by atoms with Gasteiger partial charge < -0.3 is 20.1 Å². The molecule has 164 valence electrons. The molecule has 3 atom stereocenters. The summed E-state index contributed by atoms with van der Waals surface area (Å²) in [5, 5.41) is 30.7. The molecule has 2 rings (SSSR count). The fraction of sp³-hybridized carbons (Fsp3) is 0.720. The highest BCUT2D eigenvalue weighted by molar-refractivity contribution is 5.62. The smallest absolute Gasteiger partial charge is 0.151 e. The molecule has 0 amide bonds. The van der Waals surface area contributed by atoms with Gasteiger partial charge in [0, 0.05) is 6.61 Å². The fourth-order valence-electron chi connectivity index (χ4n) is 4.87. The second-order valence-electron chi connectivity index (χ2n) is 9.66. The number of unbranched alkanes of at least 4 members (excludes halogenated alkanes) is 3. The molecule has 4 nitrogen and oxygen atoms in total. The standard InChI is InChI=1S/C25H40O4/c1-4-5-6-7-13-24(2,3)20-10-11-21(23(28)16-20)22-17-25(29,18-27)14-12-19(22)9-8-15-26/h10-11,16,18-19,22,26,28-29H,4-9,12-15,17H2,1-3H3. The molecule has 0 heterocycles. The Morgan fingerprint density at radius 1 is 1.21 bits per heavy atom. The van der Waals surface area contributed by atoms with Gasteiger partial charge in [0.05, 0.1) is 0 Å². The quantitative estimate of drug-likeness (QED) is 0.349. The summed E-state index contributed by atoms with van der Waals surface area (Å²) in [4.78, 5) is 11.4. The van der Waals surface area contributed by atoms with E-state index in [1.807, 2.05) is 12.1 Å². The van der Waals surface area contributed by atoms with Crippen LogP contribution >= 0.6 is 0 Å². The van der Waals surface area contributed by atoms with Crippen LogP contribution in [-0.2, 0) is 10.2 Å². The molecule has 4 heteroatoms. The number of benzene rings is 1. The lowest BCUT2D eigenvalue weighted by Gasteiger charge is -2.39. The number of aldehydes is 1. The number of phenols is 1. The molecule has 1 aromatic rings. The van der Waals surface area contributed by atoms with E-state index >= 15 is 0 Å². The minimum Gasteiger partial charge on any atom is -0.508 e. The molecule has 3 N–H and O–H groups in total. The zero-order chi connectivity index (χ0) is 21.5. The molecule has 1 aliphatic carbocycles. The lowest BCUT2D eigenvalue weighted by molar-refractivity contribution is -0.129. The maximum absolute atomic E-state index is 11.4. The van der Waals surface area contributed by atoms with Crippen LogP contribution in [0.1, 0.15) is 102 Å². The van der Waals surface area contributed by atoms with Gasteiger partial charge >= 0.3 is 0 Å². The number of hydrogen-bond donors (Lipinski definition) is 3. The van der Waals surface area contributed by atoms with Crippen molar-refractivity contribution in [1.29, 1.82) is 0 Å². The average Bonchev–Trinajstić information content (AvgIpc) is 2.70. The Balaban J connectivity index is 2.22. The van der Waals surface area contributed by atoms with Crippen molar-refractivity contribution in [1.82, 2.24) is 0 Å². The molecule has 1 aliphatic rings. The number of carbonyl (C=O) groups is 1. The minimum atomic E-state index is -1.32. The average molecular weight is 405 g/mol. The monoisotopic (exact) mass is 404 g/mol. The van der Waals surface area contributed by atoms with Gasteiger partial charge in [-0.3, -0.25) is 0 Å². The van der Waals surface area contributed by atoms with Gasteiger partial charge in [-0.05, 0) is 73.0 Å². The summed E-state index contributed by atoms with van der Waals surface area (Å²) >= 11 is 0. The first-order valence-corrected chi connectivity index (χ1v) is 11.4. The maximum atomic E-state index is 11.4. The third-order valence-corrected chi connectivity index (χ3v) is 6.91. The van der Waals surface area contributed by atoms with Gasteiger partial charge in [-0.2, -0.15) is 0 Å². The van der Waals surface area contributed by atoms with Crippen LogP contribution in [0.2, 0.25) is 0 Å². The number of aromatic hydroxyl groups is 1. The number of carbonyl (C=O) groups excluding carboxylic acids is 1. The largest absolute Gasteiger partial charge is 0.508 e. The number of aliphatic hydroxyl groups excluding tert-OH is 1. The molecule has 0 aromatic heterocycles. The van der Waals surface area contributed by atoms with Crippen molar-refractivity contribution < 1.29 is 20.1 Å². The molecular formula is C25H40O4. The van der Waals surface area contributed by atoms with Crippen LogP contribution < -0.4 is 0 Å². The van der Waals surface area contributed by atoms with E-state index in [0.717, 1.165) is 30.4 Å². The second kappa shape index (κ2) is 10.6. The highest BCUT2D eigenvalue weighted by Crippen LogP contribution is 2.47. The molecule has 1 saturated carbocycles. The Morgan fingerprint density at radius 3 is 2.59 bits per heavy atom. The SMILES string of the molecule is CCCCCCC(C)(C)c1ccc(C2CC(O)(C=O)CCC2CCCO)c(O)c1. The van der Waals surface area contributed by atoms with Crippen molar-refractivity contribution >= 4 is 6.29 Å². The maximum Gasteiger partial charge on any atom is 0.151 e. The Labute approximate surface area is 176 Å². The van der Waals surface area contributed by atoms with Gasteiger partial charge in [0.2, 0.25) is 0 Å². The first kappa shape index (κ1) is 23.9. The van der Waals surface area contributed by atoms with Crippen LogP contribution in [-0.4, -0.2) is 33.8 Å². The van der Waals surface area contributed by atoms with E-state index in [-0.39, 0.29) is 29.6 Å². The molecule has 29 heavy (non-hydrogen) atoms. The molecule has 0 aliphatic heterocycles. The predicted molar refractivity (Wildman–Crippen MR) is 117 cm³/mol.